The number of fused-ring (bicyclic) bond motifs is 1. The molecule has 3 aromatic heterocycles. The molecule has 4 rings (SSSR count). The molecule has 0 aliphatic carbocycles. The summed E-state index contributed by atoms with van der Waals surface area (Å²) in [5.41, 5.74) is 1.03. The van der Waals surface area contributed by atoms with E-state index < -0.39 is 0 Å². The molecule has 5 heteroatoms. The van der Waals surface area contributed by atoms with Crippen LogP contribution in [-0.2, 0) is 6.42 Å². The maximum absolute atomic E-state index is 5.39. The summed E-state index contributed by atoms with van der Waals surface area (Å²) in [6, 6.07) is 16.1. The molecule has 0 spiro atoms. The summed E-state index contributed by atoms with van der Waals surface area (Å²) >= 11 is 1.70. The van der Waals surface area contributed by atoms with Crippen LogP contribution in [0.4, 0.5) is 5.82 Å². The molecule has 24 heavy (non-hydrogen) atoms. The van der Waals surface area contributed by atoms with E-state index in [4.69, 9.17) is 14.4 Å². The predicted octanol–water partition coefficient (Wildman–Crippen LogP) is 4.91. The van der Waals surface area contributed by atoms with E-state index in [2.05, 4.69) is 18.3 Å². The average molecular weight is 335 g/mol. The first-order valence-electron chi connectivity index (χ1n) is 7.89. The maximum atomic E-state index is 5.39. The minimum Gasteiger partial charge on any atom is -0.469 e. The number of aromatic nitrogens is 2. The third-order valence-electron chi connectivity index (χ3n) is 3.79. The summed E-state index contributed by atoms with van der Waals surface area (Å²) in [6.07, 6.45) is 2.52. The minimum atomic E-state index is 0.755. The van der Waals surface area contributed by atoms with Gasteiger partial charge in [-0.05, 0) is 25.1 Å². The Morgan fingerprint density at radius 1 is 1.08 bits per heavy atom. The molecular formula is C19H17N3OS. The van der Waals surface area contributed by atoms with E-state index >= 15 is 0 Å². The van der Waals surface area contributed by atoms with E-state index in [9.17, 15) is 0 Å². The van der Waals surface area contributed by atoms with Crippen LogP contribution in [-0.4, -0.2) is 16.5 Å². The first-order valence-corrected chi connectivity index (χ1v) is 8.71. The molecule has 0 aliphatic heterocycles. The van der Waals surface area contributed by atoms with Gasteiger partial charge in [0.2, 0.25) is 0 Å². The van der Waals surface area contributed by atoms with Gasteiger partial charge < -0.3 is 9.73 Å². The van der Waals surface area contributed by atoms with Crippen molar-refractivity contribution in [2.24, 2.45) is 0 Å². The van der Waals surface area contributed by atoms with Crippen molar-refractivity contribution in [1.82, 2.24) is 9.97 Å². The molecule has 4 aromatic rings. The largest absolute Gasteiger partial charge is 0.469 e. The molecule has 4 nitrogen and oxygen atoms in total. The van der Waals surface area contributed by atoms with E-state index in [1.807, 2.05) is 42.5 Å². The van der Waals surface area contributed by atoms with Crippen molar-refractivity contribution in [3.8, 4) is 11.4 Å². The minimum absolute atomic E-state index is 0.755. The number of aryl methyl sites for hydroxylation is 1. The zero-order valence-electron chi connectivity index (χ0n) is 13.3. The molecule has 120 valence electrons. The van der Waals surface area contributed by atoms with Gasteiger partial charge in [-0.2, -0.15) is 0 Å². The summed E-state index contributed by atoms with van der Waals surface area (Å²) in [7, 11) is 0. The van der Waals surface area contributed by atoms with Crippen LogP contribution in [0.15, 0.2) is 59.2 Å². The molecule has 0 fully saturated rings. The Kier molecular flexibility index (Phi) is 4.01. The van der Waals surface area contributed by atoms with Crippen LogP contribution in [0.25, 0.3) is 21.6 Å². The van der Waals surface area contributed by atoms with E-state index in [-0.39, 0.29) is 0 Å². The van der Waals surface area contributed by atoms with Crippen LogP contribution in [0.3, 0.4) is 0 Å². The lowest BCUT2D eigenvalue weighted by Crippen LogP contribution is -2.07. The second-order valence-corrected chi connectivity index (χ2v) is 6.83. The monoisotopic (exact) mass is 335 g/mol. The standard InChI is InChI=1S/C19H17N3OS/c1-13-12-16-18(20-10-9-15-8-5-11-23-15)21-17(22-19(16)24-13)14-6-3-2-4-7-14/h2-8,11-12H,9-10H2,1H3,(H,20,21,22). The molecule has 0 atom stereocenters. The summed E-state index contributed by atoms with van der Waals surface area (Å²) in [4.78, 5) is 11.7. The van der Waals surface area contributed by atoms with Gasteiger partial charge >= 0.3 is 0 Å². The Balaban J connectivity index is 1.67. The average Bonchev–Trinajstić information content (AvgIpc) is 3.24. The number of furan rings is 1. The third kappa shape index (κ3) is 3.03. The predicted molar refractivity (Wildman–Crippen MR) is 98.5 cm³/mol. The number of hydrogen-bond donors (Lipinski definition) is 1. The molecule has 1 N–H and O–H groups in total. The van der Waals surface area contributed by atoms with Crippen LogP contribution in [0.5, 0.6) is 0 Å². The first kappa shape index (κ1) is 14.9. The Hall–Kier alpha value is -2.66. The molecule has 0 radical (unpaired) electrons. The van der Waals surface area contributed by atoms with Gasteiger partial charge in [0.15, 0.2) is 5.82 Å². The topological polar surface area (TPSA) is 51.0 Å². The zero-order valence-corrected chi connectivity index (χ0v) is 14.1. The normalized spacial score (nSPS) is 11.0. The van der Waals surface area contributed by atoms with Gasteiger partial charge in [-0.25, -0.2) is 9.97 Å². The van der Waals surface area contributed by atoms with Crippen LogP contribution in [0.1, 0.15) is 10.6 Å². The first-order chi connectivity index (χ1) is 11.8. The van der Waals surface area contributed by atoms with Crippen LogP contribution in [0.2, 0.25) is 0 Å². The van der Waals surface area contributed by atoms with Crippen molar-refractivity contribution < 1.29 is 4.42 Å². The fraction of sp³-hybridized carbons (Fsp3) is 0.158. The van der Waals surface area contributed by atoms with Crippen LogP contribution >= 0.6 is 11.3 Å². The Morgan fingerprint density at radius 3 is 2.75 bits per heavy atom. The third-order valence-corrected chi connectivity index (χ3v) is 4.74. The van der Waals surface area contributed by atoms with Gasteiger partial charge in [-0.3, -0.25) is 0 Å². The number of benzene rings is 1. The van der Waals surface area contributed by atoms with Crippen LogP contribution < -0.4 is 5.32 Å². The number of anilines is 1. The Labute approximate surface area is 144 Å². The highest BCUT2D eigenvalue weighted by Crippen LogP contribution is 2.30. The molecule has 1 aromatic carbocycles. The second kappa shape index (κ2) is 6.45. The van der Waals surface area contributed by atoms with Gasteiger partial charge in [0.25, 0.3) is 0 Å². The molecule has 0 amide bonds. The lowest BCUT2D eigenvalue weighted by Gasteiger charge is -2.08. The molecule has 0 saturated heterocycles. The van der Waals surface area contributed by atoms with E-state index in [0.717, 1.165) is 46.1 Å². The lowest BCUT2D eigenvalue weighted by atomic mass is 10.2. The quantitative estimate of drug-likeness (QED) is 0.563. The van der Waals surface area contributed by atoms with E-state index in [1.54, 1.807) is 17.6 Å². The second-order valence-electron chi connectivity index (χ2n) is 5.59. The highest BCUT2D eigenvalue weighted by Gasteiger charge is 2.11. The van der Waals surface area contributed by atoms with Gasteiger partial charge in [0.05, 0.1) is 11.6 Å². The van der Waals surface area contributed by atoms with Crippen molar-refractivity contribution in [2.45, 2.75) is 13.3 Å². The van der Waals surface area contributed by atoms with Gasteiger partial charge in [0.1, 0.15) is 16.4 Å². The Morgan fingerprint density at radius 2 is 1.96 bits per heavy atom. The van der Waals surface area contributed by atoms with E-state index in [0.29, 0.717) is 0 Å². The van der Waals surface area contributed by atoms with Crippen molar-refractivity contribution >= 4 is 27.4 Å². The highest BCUT2D eigenvalue weighted by molar-refractivity contribution is 7.18. The fourth-order valence-corrected chi connectivity index (χ4v) is 3.53. The van der Waals surface area contributed by atoms with E-state index in [1.165, 1.54) is 4.88 Å². The van der Waals surface area contributed by atoms with Gasteiger partial charge in [-0.15, -0.1) is 11.3 Å². The number of thiophene rings is 1. The smallest absolute Gasteiger partial charge is 0.163 e. The highest BCUT2D eigenvalue weighted by atomic mass is 32.1. The Bertz CT molecular complexity index is 946. The lowest BCUT2D eigenvalue weighted by molar-refractivity contribution is 0.513. The number of rotatable bonds is 5. The van der Waals surface area contributed by atoms with Gasteiger partial charge in [0, 0.05) is 23.4 Å². The SMILES string of the molecule is Cc1cc2c(NCCc3ccco3)nc(-c3ccccc3)nc2s1. The van der Waals surface area contributed by atoms with Crippen molar-refractivity contribution in [2.75, 3.05) is 11.9 Å². The summed E-state index contributed by atoms with van der Waals surface area (Å²) in [6.45, 7) is 2.86. The molecule has 0 bridgehead atoms. The van der Waals surface area contributed by atoms with Crippen molar-refractivity contribution in [3.05, 3.63) is 65.4 Å². The summed E-state index contributed by atoms with van der Waals surface area (Å²) in [5, 5.41) is 4.53. The molecule has 0 unspecified atom stereocenters. The summed E-state index contributed by atoms with van der Waals surface area (Å²) < 4.78 is 5.39. The molecule has 0 saturated carbocycles. The van der Waals surface area contributed by atoms with Gasteiger partial charge in [-0.1, -0.05) is 30.3 Å². The van der Waals surface area contributed by atoms with Crippen molar-refractivity contribution in [1.29, 1.82) is 0 Å². The number of hydrogen-bond acceptors (Lipinski definition) is 5. The molecule has 0 aliphatic rings. The zero-order chi connectivity index (χ0) is 16.4. The molecule has 3 heterocycles. The number of nitrogens with zero attached hydrogens (tertiary/aromatic N) is 2. The van der Waals surface area contributed by atoms with Crippen molar-refractivity contribution in [3.63, 3.8) is 0 Å². The van der Waals surface area contributed by atoms with Crippen LogP contribution in [0, 0.1) is 6.92 Å². The summed E-state index contributed by atoms with van der Waals surface area (Å²) in [5.74, 6) is 2.61. The molecular weight excluding hydrogens is 318 g/mol. The number of nitrogens with one attached hydrogen (secondary N) is 1. The maximum Gasteiger partial charge on any atom is 0.163 e. The fourth-order valence-electron chi connectivity index (χ4n) is 2.65.